The van der Waals surface area contributed by atoms with Crippen LogP contribution >= 0.6 is 0 Å². The van der Waals surface area contributed by atoms with Gasteiger partial charge >= 0.3 is 17.9 Å². The van der Waals surface area contributed by atoms with Crippen LogP contribution in [0.1, 0.15) is 226 Å². The first-order valence-corrected chi connectivity index (χ1v) is 26.4. The molecule has 0 fully saturated rings. The van der Waals surface area contributed by atoms with Gasteiger partial charge in [0.2, 0.25) is 0 Å². The fourth-order valence-corrected chi connectivity index (χ4v) is 6.80. The van der Waals surface area contributed by atoms with Crippen LogP contribution < -0.4 is 0 Å². The second kappa shape index (κ2) is 52.7. The maximum Gasteiger partial charge on any atom is 0.306 e. The van der Waals surface area contributed by atoms with Crippen molar-refractivity contribution in [3.8, 4) is 0 Å². The number of unbranched alkanes of at least 4 members (excludes halogenated alkanes) is 17. The predicted octanol–water partition coefficient (Wildman–Crippen LogP) is 17.5. The van der Waals surface area contributed by atoms with Crippen molar-refractivity contribution >= 4 is 17.9 Å². The molecule has 368 valence electrons. The van der Waals surface area contributed by atoms with E-state index in [4.69, 9.17) is 14.2 Å². The molecule has 0 aromatic carbocycles. The topological polar surface area (TPSA) is 78.9 Å². The van der Waals surface area contributed by atoms with Gasteiger partial charge in [0.05, 0.1) is 0 Å². The maximum absolute atomic E-state index is 12.8. The number of carbonyl (C=O) groups excluding carboxylic acids is 3. The normalized spacial score (nSPS) is 13.0. The van der Waals surface area contributed by atoms with E-state index in [1.165, 1.54) is 64.2 Å². The Morgan fingerprint density at radius 3 is 0.969 bits per heavy atom. The van der Waals surface area contributed by atoms with Gasteiger partial charge in [0.25, 0.3) is 0 Å². The third kappa shape index (κ3) is 50.9. The van der Waals surface area contributed by atoms with Crippen LogP contribution in [0.4, 0.5) is 0 Å². The molecule has 0 rings (SSSR count). The van der Waals surface area contributed by atoms with Crippen LogP contribution in [-0.2, 0) is 28.6 Å². The van der Waals surface area contributed by atoms with Crippen LogP contribution in [0.15, 0.2) is 109 Å². The summed E-state index contributed by atoms with van der Waals surface area (Å²) in [5.74, 6) is -0.975. The Morgan fingerprint density at radius 1 is 0.323 bits per heavy atom. The lowest BCUT2D eigenvalue weighted by Crippen LogP contribution is -2.30. The van der Waals surface area contributed by atoms with E-state index in [1.807, 2.05) is 0 Å². The zero-order chi connectivity index (χ0) is 47.2. The van der Waals surface area contributed by atoms with E-state index in [9.17, 15) is 14.4 Å². The third-order valence-electron chi connectivity index (χ3n) is 10.8. The highest BCUT2D eigenvalue weighted by Crippen LogP contribution is 2.13. The van der Waals surface area contributed by atoms with Gasteiger partial charge in [-0.3, -0.25) is 14.4 Å². The fourth-order valence-electron chi connectivity index (χ4n) is 6.80. The van der Waals surface area contributed by atoms with Crippen LogP contribution in [0, 0.1) is 0 Å². The molecule has 0 unspecified atom stereocenters. The fraction of sp³-hybridized carbons (Fsp3) is 0.644. The number of hydrogen-bond acceptors (Lipinski definition) is 6. The molecule has 0 amide bonds. The molecular weight excluding hydrogens is 805 g/mol. The molecule has 0 radical (unpaired) electrons. The van der Waals surface area contributed by atoms with E-state index in [-0.39, 0.29) is 37.5 Å². The molecule has 0 heterocycles. The first-order valence-electron chi connectivity index (χ1n) is 26.4. The van der Waals surface area contributed by atoms with Crippen LogP contribution in [0.25, 0.3) is 0 Å². The van der Waals surface area contributed by atoms with E-state index in [0.29, 0.717) is 12.8 Å². The van der Waals surface area contributed by atoms with Gasteiger partial charge in [0, 0.05) is 19.3 Å². The number of esters is 3. The maximum atomic E-state index is 12.8. The summed E-state index contributed by atoms with van der Waals surface area (Å²) in [6.07, 6.45) is 70.7. The van der Waals surface area contributed by atoms with Crippen LogP contribution in [0.2, 0.25) is 0 Å². The van der Waals surface area contributed by atoms with E-state index >= 15 is 0 Å². The van der Waals surface area contributed by atoms with Crippen LogP contribution in [0.5, 0.6) is 0 Å². The van der Waals surface area contributed by atoms with Gasteiger partial charge in [-0.15, -0.1) is 0 Å². The molecule has 0 aliphatic heterocycles. The zero-order valence-corrected chi connectivity index (χ0v) is 42.0. The summed E-state index contributed by atoms with van der Waals surface area (Å²) >= 11 is 0. The molecule has 0 bridgehead atoms. The lowest BCUT2D eigenvalue weighted by atomic mass is 10.1. The average Bonchev–Trinajstić information content (AvgIpc) is 3.30. The molecule has 0 saturated carbocycles. The SMILES string of the molecule is CC/C=C\C/C=C\C/C=C\C/C=C\C/C=C\CCCCCC(=O)OC[C@@H](COC(=O)CCCCCCCCCCC)OC(=O)CCCCC/C=C\C/C=C\C/C=C\C/C=C\CCCCC. The lowest BCUT2D eigenvalue weighted by molar-refractivity contribution is -0.167. The van der Waals surface area contributed by atoms with E-state index in [2.05, 4.69) is 130 Å². The summed E-state index contributed by atoms with van der Waals surface area (Å²) < 4.78 is 16.7. The van der Waals surface area contributed by atoms with Crippen molar-refractivity contribution in [2.45, 2.75) is 232 Å². The predicted molar refractivity (Wildman–Crippen MR) is 279 cm³/mol. The van der Waals surface area contributed by atoms with E-state index < -0.39 is 6.10 Å². The quantitative estimate of drug-likeness (QED) is 0.0262. The molecule has 0 spiro atoms. The highest BCUT2D eigenvalue weighted by Gasteiger charge is 2.19. The number of ether oxygens (including phenoxy) is 3. The Bertz CT molecular complexity index is 1360. The largest absolute Gasteiger partial charge is 0.462 e. The van der Waals surface area contributed by atoms with Crippen LogP contribution in [0.3, 0.4) is 0 Å². The number of carbonyl (C=O) groups is 3. The Balaban J connectivity index is 4.47. The summed E-state index contributed by atoms with van der Waals surface area (Å²) in [6, 6.07) is 0. The molecular formula is C59H96O6. The second-order valence-electron chi connectivity index (χ2n) is 17.1. The molecule has 0 saturated heterocycles. The first-order chi connectivity index (χ1) is 32.0. The minimum atomic E-state index is -0.808. The lowest BCUT2D eigenvalue weighted by Gasteiger charge is -2.18. The molecule has 0 aromatic heterocycles. The molecule has 0 aromatic rings. The molecule has 0 N–H and O–H groups in total. The van der Waals surface area contributed by atoms with Gasteiger partial charge in [-0.25, -0.2) is 0 Å². The van der Waals surface area contributed by atoms with Gasteiger partial charge in [0.15, 0.2) is 6.10 Å². The molecule has 6 nitrogen and oxygen atoms in total. The van der Waals surface area contributed by atoms with Gasteiger partial charge in [0.1, 0.15) is 13.2 Å². The number of hydrogen-bond donors (Lipinski definition) is 0. The molecule has 0 aliphatic rings. The smallest absolute Gasteiger partial charge is 0.306 e. The third-order valence-corrected chi connectivity index (χ3v) is 10.8. The Kier molecular flexibility index (Phi) is 49.5. The Hall–Kier alpha value is -3.93. The van der Waals surface area contributed by atoms with Crippen molar-refractivity contribution in [2.24, 2.45) is 0 Å². The van der Waals surface area contributed by atoms with Crippen molar-refractivity contribution in [3.63, 3.8) is 0 Å². The molecule has 65 heavy (non-hydrogen) atoms. The van der Waals surface area contributed by atoms with Crippen molar-refractivity contribution < 1.29 is 28.6 Å². The standard InChI is InChI=1S/C59H96O6/c1-4-7-10-13-16-19-21-23-25-27-29-31-33-35-37-40-43-46-49-52-58(61)64-55-56(54-63-57(60)51-48-45-42-39-18-15-12-9-6-3)65-59(62)53-50-47-44-41-38-36-34-32-30-28-26-24-22-20-17-14-11-8-5-2/h7,10,16-17,19-20,23-26,29-32,35-38,56H,4-6,8-9,11-15,18,21-22,27-28,33-34,39-55H2,1-3H3/b10-7-,19-16-,20-17-,25-23-,26-24-,31-29-,32-30-,37-35-,38-36-/t56-/m1/s1. The van der Waals surface area contributed by atoms with Crippen LogP contribution in [-0.4, -0.2) is 37.2 Å². The minimum Gasteiger partial charge on any atom is -0.462 e. The van der Waals surface area contributed by atoms with Gasteiger partial charge < -0.3 is 14.2 Å². The van der Waals surface area contributed by atoms with E-state index in [1.54, 1.807) is 0 Å². The summed E-state index contributed by atoms with van der Waals surface area (Å²) in [5, 5.41) is 0. The first kappa shape index (κ1) is 61.1. The summed E-state index contributed by atoms with van der Waals surface area (Å²) in [4.78, 5) is 37.9. The minimum absolute atomic E-state index is 0.103. The highest BCUT2D eigenvalue weighted by molar-refractivity contribution is 5.71. The second-order valence-corrected chi connectivity index (χ2v) is 17.1. The zero-order valence-electron chi connectivity index (χ0n) is 42.0. The van der Waals surface area contributed by atoms with Crippen molar-refractivity contribution in [1.82, 2.24) is 0 Å². The monoisotopic (exact) mass is 901 g/mol. The highest BCUT2D eigenvalue weighted by atomic mass is 16.6. The van der Waals surface area contributed by atoms with E-state index in [0.717, 1.165) is 122 Å². The summed E-state index contributed by atoms with van der Waals surface area (Å²) in [7, 11) is 0. The van der Waals surface area contributed by atoms with Gasteiger partial charge in [-0.1, -0.05) is 207 Å². The van der Waals surface area contributed by atoms with Gasteiger partial charge in [-0.2, -0.15) is 0 Å². The molecule has 6 heteroatoms. The molecule has 1 atom stereocenters. The van der Waals surface area contributed by atoms with Crippen molar-refractivity contribution in [2.75, 3.05) is 13.2 Å². The number of allylic oxidation sites excluding steroid dienone is 18. The van der Waals surface area contributed by atoms with Crippen molar-refractivity contribution in [1.29, 1.82) is 0 Å². The van der Waals surface area contributed by atoms with Gasteiger partial charge in [-0.05, 0) is 109 Å². The Labute approximate surface area is 400 Å². The number of rotatable bonds is 46. The Morgan fingerprint density at radius 2 is 0.600 bits per heavy atom. The summed E-state index contributed by atoms with van der Waals surface area (Å²) in [5.41, 5.74) is 0. The summed E-state index contributed by atoms with van der Waals surface area (Å²) in [6.45, 7) is 6.41. The average molecular weight is 901 g/mol. The molecule has 0 aliphatic carbocycles. The van der Waals surface area contributed by atoms with Crippen molar-refractivity contribution in [3.05, 3.63) is 109 Å².